The zero-order valence-corrected chi connectivity index (χ0v) is 17.8. The predicted molar refractivity (Wildman–Crippen MR) is 120 cm³/mol. The Morgan fingerprint density at radius 3 is 2.62 bits per heavy atom. The molecule has 9 heteroatoms. The lowest BCUT2D eigenvalue weighted by atomic mass is 10.1. The van der Waals surface area contributed by atoms with Crippen molar-refractivity contribution in [3.63, 3.8) is 0 Å². The first-order chi connectivity index (χ1) is 15.6. The number of rotatable bonds is 5. The zero-order chi connectivity index (χ0) is 22.1. The fourth-order valence-corrected chi connectivity index (χ4v) is 3.98. The topological polar surface area (TPSA) is 123 Å². The molecule has 4 aromatic rings. The highest BCUT2D eigenvalue weighted by Crippen LogP contribution is 2.31. The molecule has 0 spiro atoms. The molecule has 1 aliphatic rings. The van der Waals surface area contributed by atoms with Crippen molar-refractivity contribution in [2.24, 2.45) is 5.73 Å². The lowest BCUT2D eigenvalue weighted by Gasteiger charge is -2.21. The van der Waals surface area contributed by atoms with Crippen LogP contribution in [0, 0.1) is 12.3 Å². The van der Waals surface area contributed by atoms with Crippen LogP contribution in [0.15, 0.2) is 59.3 Å². The third-order valence-electron chi connectivity index (χ3n) is 5.73. The van der Waals surface area contributed by atoms with E-state index in [0.717, 1.165) is 41.8 Å². The Morgan fingerprint density at radius 2 is 1.88 bits per heavy atom. The van der Waals surface area contributed by atoms with Gasteiger partial charge in [0.25, 0.3) is 0 Å². The van der Waals surface area contributed by atoms with Crippen molar-refractivity contribution in [2.75, 3.05) is 6.54 Å². The highest BCUT2D eigenvalue weighted by Gasteiger charge is 2.31. The number of nitrogens with zero attached hydrogens (tertiary/aromatic N) is 6. The lowest BCUT2D eigenvalue weighted by molar-refractivity contribution is 0.283. The number of guanidine groups is 1. The third-order valence-corrected chi connectivity index (χ3v) is 5.73. The SMILES string of the molecule is Cc1ccc(-c2cn(Cc3ccc(-c4noc(C5CCCN5C(=N)N)n4)cc3)nn2)cc1. The normalized spacial score (nSPS) is 15.9. The predicted octanol–water partition coefficient (Wildman–Crippen LogP) is 3.38. The Bertz CT molecular complexity index is 1230. The van der Waals surface area contributed by atoms with E-state index >= 15 is 0 Å². The lowest BCUT2D eigenvalue weighted by Crippen LogP contribution is -2.35. The number of nitrogens with two attached hydrogens (primary N) is 1. The summed E-state index contributed by atoms with van der Waals surface area (Å²) in [6.45, 7) is 3.42. The van der Waals surface area contributed by atoms with E-state index in [1.165, 1.54) is 5.56 Å². The molecule has 0 bridgehead atoms. The van der Waals surface area contributed by atoms with E-state index in [9.17, 15) is 0 Å². The molecule has 1 saturated heterocycles. The zero-order valence-electron chi connectivity index (χ0n) is 17.8. The minimum absolute atomic E-state index is 0.0373. The molecule has 0 saturated carbocycles. The van der Waals surface area contributed by atoms with E-state index < -0.39 is 0 Å². The van der Waals surface area contributed by atoms with Gasteiger partial charge in [0, 0.05) is 17.7 Å². The summed E-state index contributed by atoms with van der Waals surface area (Å²) in [6, 6.07) is 16.1. The molecule has 2 aromatic carbocycles. The smallest absolute Gasteiger partial charge is 0.249 e. The maximum Gasteiger partial charge on any atom is 0.249 e. The molecule has 0 aliphatic carbocycles. The van der Waals surface area contributed by atoms with Gasteiger partial charge < -0.3 is 15.2 Å². The molecular weight excluding hydrogens is 404 g/mol. The molecule has 1 fully saturated rings. The summed E-state index contributed by atoms with van der Waals surface area (Å²) in [7, 11) is 0. The van der Waals surface area contributed by atoms with Crippen molar-refractivity contribution in [1.29, 1.82) is 5.41 Å². The Morgan fingerprint density at radius 1 is 1.12 bits per heavy atom. The summed E-state index contributed by atoms with van der Waals surface area (Å²) in [5.41, 5.74) is 10.8. The second-order valence-electron chi connectivity index (χ2n) is 8.06. The highest BCUT2D eigenvalue weighted by molar-refractivity contribution is 5.75. The molecule has 5 rings (SSSR count). The van der Waals surface area contributed by atoms with Gasteiger partial charge in [0.2, 0.25) is 11.7 Å². The first-order valence-corrected chi connectivity index (χ1v) is 10.6. The molecule has 1 atom stereocenters. The number of benzene rings is 2. The van der Waals surface area contributed by atoms with Gasteiger partial charge in [-0.15, -0.1) is 5.10 Å². The van der Waals surface area contributed by atoms with Gasteiger partial charge in [0.05, 0.1) is 12.7 Å². The molecule has 3 heterocycles. The van der Waals surface area contributed by atoms with Crippen molar-refractivity contribution < 1.29 is 4.52 Å². The maximum absolute atomic E-state index is 7.72. The molecular formula is C23H24N8O. The summed E-state index contributed by atoms with van der Waals surface area (Å²) in [5.74, 6) is 1.07. The summed E-state index contributed by atoms with van der Waals surface area (Å²) >= 11 is 0. The number of hydrogen-bond donors (Lipinski definition) is 2. The van der Waals surface area contributed by atoms with Crippen LogP contribution in [0.5, 0.6) is 0 Å². The van der Waals surface area contributed by atoms with Gasteiger partial charge in [0.1, 0.15) is 11.7 Å². The number of hydrogen-bond acceptors (Lipinski definition) is 6. The van der Waals surface area contributed by atoms with Crippen molar-refractivity contribution in [2.45, 2.75) is 32.4 Å². The third kappa shape index (κ3) is 3.96. The number of nitrogens with one attached hydrogen (secondary N) is 1. The fraction of sp³-hybridized carbons (Fsp3) is 0.261. The number of aryl methyl sites for hydroxylation is 1. The monoisotopic (exact) mass is 428 g/mol. The highest BCUT2D eigenvalue weighted by atomic mass is 16.5. The van der Waals surface area contributed by atoms with Gasteiger partial charge in [-0.25, -0.2) is 4.68 Å². The maximum atomic E-state index is 7.72. The number of likely N-dealkylation sites (tertiary alicyclic amines) is 1. The second kappa shape index (κ2) is 8.26. The first-order valence-electron chi connectivity index (χ1n) is 10.6. The van der Waals surface area contributed by atoms with Crippen LogP contribution in [0.25, 0.3) is 22.6 Å². The van der Waals surface area contributed by atoms with E-state index in [4.69, 9.17) is 15.7 Å². The van der Waals surface area contributed by atoms with Crippen LogP contribution >= 0.6 is 0 Å². The van der Waals surface area contributed by atoms with Gasteiger partial charge in [0.15, 0.2) is 5.96 Å². The minimum atomic E-state index is -0.122. The van der Waals surface area contributed by atoms with Crippen LogP contribution in [0.4, 0.5) is 0 Å². The molecule has 32 heavy (non-hydrogen) atoms. The average molecular weight is 429 g/mol. The quantitative estimate of drug-likeness (QED) is 0.369. The van der Waals surface area contributed by atoms with Gasteiger partial charge in [-0.2, -0.15) is 4.98 Å². The van der Waals surface area contributed by atoms with Crippen molar-refractivity contribution in [1.82, 2.24) is 30.0 Å². The number of aromatic nitrogens is 5. The van der Waals surface area contributed by atoms with E-state index in [1.807, 2.05) is 35.1 Å². The second-order valence-corrected chi connectivity index (χ2v) is 8.06. The van der Waals surface area contributed by atoms with Crippen molar-refractivity contribution in [3.05, 3.63) is 71.7 Å². The molecule has 162 valence electrons. The standard InChI is InChI=1S/C23H24N8O/c1-15-4-8-17(9-5-15)19-14-30(29-27-19)13-16-6-10-18(11-7-16)21-26-22(32-28-21)20-3-2-12-31(20)23(24)25/h4-11,14,20H,2-3,12-13H2,1H3,(H3,24,25). The Labute approximate surface area is 185 Å². The van der Waals surface area contributed by atoms with Gasteiger partial charge >= 0.3 is 0 Å². The molecule has 1 aliphatic heterocycles. The summed E-state index contributed by atoms with van der Waals surface area (Å²) in [4.78, 5) is 6.35. The van der Waals surface area contributed by atoms with E-state index in [0.29, 0.717) is 18.3 Å². The van der Waals surface area contributed by atoms with E-state index in [2.05, 4.69) is 51.6 Å². The molecule has 2 aromatic heterocycles. The molecule has 9 nitrogen and oxygen atoms in total. The molecule has 0 amide bonds. The van der Waals surface area contributed by atoms with Crippen LogP contribution < -0.4 is 5.73 Å². The van der Waals surface area contributed by atoms with Gasteiger partial charge in [-0.1, -0.05) is 64.5 Å². The largest absolute Gasteiger partial charge is 0.370 e. The summed E-state index contributed by atoms with van der Waals surface area (Å²) in [5, 5.41) is 20.4. The molecule has 3 N–H and O–H groups in total. The van der Waals surface area contributed by atoms with E-state index in [1.54, 1.807) is 4.90 Å². The Hall–Kier alpha value is -4.01. The van der Waals surface area contributed by atoms with Crippen LogP contribution in [-0.2, 0) is 6.54 Å². The van der Waals surface area contributed by atoms with Crippen molar-refractivity contribution >= 4 is 5.96 Å². The molecule has 0 radical (unpaired) electrons. The first kappa shape index (κ1) is 19.9. The fourth-order valence-electron chi connectivity index (χ4n) is 3.98. The average Bonchev–Trinajstić information content (AvgIpc) is 3.55. The van der Waals surface area contributed by atoms with Crippen LogP contribution in [-0.4, -0.2) is 42.5 Å². The van der Waals surface area contributed by atoms with Crippen LogP contribution in [0.2, 0.25) is 0 Å². The Kier molecular flexibility index (Phi) is 5.14. The summed E-state index contributed by atoms with van der Waals surface area (Å²) in [6.07, 6.45) is 3.75. The van der Waals surface area contributed by atoms with Gasteiger partial charge in [-0.05, 0) is 25.3 Å². The Balaban J connectivity index is 1.28. The minimum Gasteiger partial charge on any atom is -0.370 e. The van der Waals surface area contributed by atoms with Crippen LogP contribution in [0.3, 0.4) is 0 Å². The van der Waals surface area contributed by atoms with Gasteiger partial charge in [-0.3, -0.25) is 5.41 Å². The van der Waals surface area contributed by atoms with Crippen molar-refractivity contribution in [3.8, 4) is 22.6 Å². The summed E-state index contributed by atoms with van der Waals surface area (Å²) < 4.78 is 7.31. The molecule has 1 unspecified atom stereocenters. The van der Waals surface area contributed by atoms with Crippen LogP contribution in [0.1, 0.15) is 35.9 Å². The van der Waals surface area contributed by atoms with E-state index in [-0.39, 0.29) is 12.0 Å².